The summed E-state index contributed by atoms with van der Waals surface area (Å²) in [6, 6.07) is 0. The van der Waals surface area contributed by atoms with Gasteiger partial charge in [-0.15, -0.1) is 4.65 Å². The first-order valence-electron chi connectivity index (χ1n) is 5.36. The first-order chi connectivity index (χ1) is 6.31. The molecule has 84 valence electrons. The summed E-state index contributed by atoms with van der Waals surface area (Å²) in [6.45, 7) is 6.14. The van der Waals surface area contributed by atoms with E-state index in [1.807, 2.05) is 41.9 Å². The molecule has 0 heterocycles. The summed E-state index contributed by atoms with van der Waals surface area (Å²) in [5.41, 5.74) is -0.286. The van der Waals surface area contributed by atoms with Crippen LogP contribution in [0.15, 0.2) is 0 Å². The minimum Gasteiger partial charge on any atom is -0.277 e. The zero-order chi connectivity index (χ0) is 11.4. The highest BCUT2D eigenvalue weighted by Crippen LogP contribution is 2.32. The second kappa shape index (κ2) is 4.78. The van der Waals surface area contributed by atoms with Crippen molar-refractivity contribution in [1.82, 2.24) is 0 Å². The van der Waals surface area contributed by atoms with Crippen LogP contribution in [0.2, 0.25) is 0 Å². The number of nitrogens with zero attached hydrogens (tertiary/aromatic N) is 1. The first-order valence-corrected chi connectivity index (χ1v) is 5.36. The fraction of sp³-hybridized carbons (Fsp3) is 0.909. The topological polar surface area (TPSA) is 26.3 Å². The number of hydrogen-bond donors (Lipinski definition) is 0. The monoisotopic (exact) mass is 202 g/mol. The van der Waals surface area contributed by atoms with Crippen LogP contribution in [0.4, 0.5) is 0 Å². The molecule has 3 heteroatoms. The van der Waals surface area contributed by atoms with Crippen LogP contribution in [-0.2, 0) is 9.63 Å². The van der Waals surface area contributed by atoms with Crippen LogP contribution in [0.3, 0.4) is 0 Å². The van der Waals surface area contributed by atoms with Crippen molar-refractivity contribution in [3.05, 3.63) is 0 Å². The van der Waals surface area contributed by atoms with E-state index < -0.39 is 0 Å². The lowest BCUT2D eigenvalue weighted by Crippen LogP contribution is -2.43. The summed E-state index contributed by atoms with van der Waals surface area (Å²) in [7, 11) is 5.55. The summed E-state index contributed by atoms with van der Waals surface area (Å²) in [4.78, 5) is 17.3. The molecule has 0 N–H and O–H groups in total. The Morgan fingerprint density at radius 3 is 1.64 bits per heavy atom. The maximum atomic E-state index is 11.9. The molecule has 0 aliphatic rings. The third-order valence-electron chi connectivity index (χ3n) is 2.82. The molecular formula is C11H24NO2+. The Morgan fingerprint density at radius 2 is 1.43 bits per heavy atom. The number of quaternary nitrogens is 1. The number of carbonyl (C=O) groups is 1. The Kier molecular flexibility index (Phi) is 4.59. The standard InChI is InChI=1S/C11H24NO2/c1-7-11(8-2,9-3)10(13)14-12(4,5)6/h7-9H2,1-6H3/q+1. The minimum atomic E-state index is -0.286. The minimum absolute atomic E-state index is 0.0718. The van der Waals surface area contributed by atoms with E-state index in [2.05, 4.69) is 0 Å². The molecule has 0 atom stereocenters. The lowest BCUT2D eigenvalue weighted by Gasteiger charge is -2.30. The molecule has 0 saturated carbocycles. The Hall–Kier alpha value is -0.570. The zero-order valence-corrected chi connectivity index (χ0v) is 10.4. The van der Waals surface area contributed by atoms with Gasteiger partial charge in [0.25, 0.3) is 0 Å². The van der Waals surface area contributed by atoms with Crippen molar-refractivity contribution in [2.45, 2.75) is 40.0 Å². The lowest BCUT2D eigenvalue weighted by atomic mass is 9.80. The maximum absolute atomic E-state index is 11.9. The van der Waals surface area contributed by atoms with Gasteiger partial charge in [-0.05, 0) is 19.3 Å². The van der Waals surface area contributed by atoms with Gasteiger partial charge in [0, 0.05) is 0 Å². The van der Waals surface area contributed by atoms with Crippen molar-refractivity contribution in [3.8, 4) is 0 Å². The second-order valence-electron chi connectivity index (χ2n) is 4.61. The molecule has 0 amide bonds. The highest BCUT2D eigenvalue weighted by atomic mass is 16.7. The van der Waals surface area contributed by atoms with Gasteiger partial charge >= 0.3 is 5.97 Å². The molecule has 0 radical (unpaired) electrons. The third kappa shape index (κ3) is 3.29. The van der Waals surface area contributed by atoms with E-state index in [1.54, 1.807) is 0 Å². The fourth-order valence-electron chi connectivity index (χ4n) is 1.53. The molecule has 3 nitrogen and oxygen atoms in total. The van der Waals surface area contributed by atoms with E-state index in [0.29, 0.717) is 0 Å². The molecule has 0 bridgehead atoms. The molecule has 0 unspecified atom stereocenters. The largest absolute Gasteiger partial charge is 0.372 e. The molecule has 0 aliphatic heterocycles. The number of hydroxylamine groups is 3. The van der Waals surface area contributed by atoms with Gasteiger partial charge in [0.1, 0.15) is 21.1 Å². The van der Waals surface area contributed by atoms with Crippen molar-refractivity contribution >= 4 is 5.97 Å². The molecule has 0 aromatic carbocycles. The van der Waals surface area contributed by atoms with E-state index in [0.717, 1.165) is 19.3 Å². The molecule has 0 aromatic heterocycles. The highest BCUT2D eigenvalue weighted by Gasteiger charge is 2.38. The number of hydrogen-bond acceptors (Lipinski definition) is 2. The van der Waals surface area contributed by atoms with Crippen molar-refractivity contribution in [2.24, 2.45) is 5.41 Å². The van der Waals surface area contributed by atoms with Gasteiger partial charge in [-0.1, -0.05) is 20.8 Å². The van der Waals surface area contributed by atoms with Crippen LogP contribution < -0.4 is 0 Å². The molecule has 0 fully saturated rings. The molecule has 0 saturated heterocycles. The zero-order valence-electron chi connectivity index (χ0n) is 10.4. The van der Waals surface area contributed by atoms with E-state index in [-0.39, 0.29) is 16.0 Å². The quantitative estimate of drug-likeness (QED) is 0.505. The average Bonchev–Trinajstić information content (AvgIpc) is 2.05. The van der Waals surface area contributed by atoms with Gasteiger partial charge in [0.05, 0.1) is 5.41 Å². The summed E-state index contributed by atoms with van der Waals surface area (Å²) < 4.78 is 0.237. The van der Waals surface area contributed by atoms with Crippen molar-refractivity contribution in [3.63, 3.8) is 0 Å². The van der Waals surface area contributed by atoms with E-state index in [9.17, 15) is 4.79 Å². The summed E-state index contributed by atoms with van der Waals surface area (Å²) in [5, 5.41) is 0. The van der Waals surface area contributed by atoms with Crippen LogP contribution in [0.25, 0.3) is 0 Å². The fourth-order valence-corrected chi connectivity index (χ4v) is 1.53. The van der Waals surface area contributed by atoms with Gasteiger partial charge < -0.3 is 0 Å². The van der Waals surface area contributed by atoms with Crippen molar-refractivity contribution in [1.29, 1.82) is 0 Å². The Bertz CT molecular complexity index is 182. The summed E-state index contributed by atoms with van der Waals surface area (Å²) >= 11 is 0. The average molecular weight is 202 g/mol. The molecule has 0 spiro atoms. The van der Waals surface area contributed by atoms with Crippen LogP contribution in [-0.4, -0.2) is 31.8 Å². The SMILES string of the molecule is CCC(CC)(CC)C(=O)O[N+](C)(C)C. The first kappa shape index (κ1) is 13.4. The van der Waals surface area contributed by atoms with Gasteiger partial charge in [-0.25, -0.2) is 4.79 Å². The summed E-state index contributed by atoms with van der Waals surface area (Å²) in [5.74, 6) is -0.0718. The van der Waals surface area contributed by atoms with Gasteiger partial charge in [-0.2, -0.15) is 0 Å². The van der Waals surface area contributed by atoms with E-state index >= 15 is 0 Å². The van der Waals surface area contributed by atoms with Crippen LogP contribution in [0, 0.1) is 5.41 Å². The van der Waals surface area contributed by atoms with Crippen LogP contribution in [0.1, 0.15) is 40.0 Å². The van der Waals surface area contributed by atoms with Crippen molar-refractivity contribution < 1.29 is 14.3 Å². The number of rotatable bonds is 5. The second-order valence-corrected chi connectivity index (χ2v) is 4.61. The predicted octanol–water partition coefficient (Wildman–Crippen LogP) is 2.37. The molecular weight excluding hydrogens is 178 g/mol. The van der Waals surface area contributed by atoms with E-state index in [4.69, 9.17) is 4.84 Å². The third-order valence-corrected chi connectivity index (χ3v) is 2.82. The molecule has 14 heavy (non-hydrogen) atoms. The van der Waals surface area contributed by atoms with Gasteiger partial charge in [0.15, 0.2) is 0 Å². The maximum Gasteiger partial charge on any atom is 0.372 e. The van der Waals surface area contributed by atoms with Crippen molar-refractivity contribution in [2.75, 3.05) is 21.1 Å². The Labute approximate surface area is 87.6 Å². The molecule has 0 aliphatic carbocycles. The lowest BCUT2D eigenvalue weighted by molar-refractivity contribution is -1.04. The van der Waals surface area contributed by atoms with Crippen LogP contribution in [0.5, 0.6) is 0 Å². The normalized spacial score (nSPS) is 12.7. The predicted molar refractivity (Wildman–Crippen MR) is 57.4 cm³/mol. The summed E-state index contributed by atoms with van der Waals surface area (Å²) in [6.07, 6.45) is 2.54. The Morgan fingerprint density at radius 1 is 1.07 bits per heavy atom. The smallest absolute Gasteiger partial charge is 0.277 e. The van der Waals surface area contributed by atoms with Gasteiger partial charge in [-0.3, -0.25) is 4.84 Å². The van der Waals surface area contributed by atoms with E-state index in [1.165, 1.54) is 0 Å². The molecule has 0 rings (SSSR count). The highest BCUT2D eigenvalue weighted by molar-refractivity contribution is 5.76. The molecule has 0 aromatic rings. The van der Waals surface area contributed by atoms with Crippen LogP contribution >= 0.6 is 0 Å². The van der Waals surface area contributed by atoms with Gasteiger partial charge in [0.2, 0.25) is 0 Å². The Balaban J connectivity index is 4.61. The number of carbonyl (C=O) groups excluding carboxylic acids is 1.